The fraction of sp³-hybridized carbons (Fsp3) is 0.738. The van der Waals surface area contributed by atoms with E-state index in [1.165, 1.54) is 7.11 Å². The Morgan fingerprint density at radius 1 is 0.943 bits per heavy atom. The van der Waals surface area contributed by atoms with Crippen molar-refractivity contribution in [2.24, 2.45) is 41.2 Å². The number of carbonyl (C=O) groups is 5. The van der Waals surface area contributed by atoms with E-state index in [0.717, 1.165) is 18.4 Å². The van der Waals surface area contributed by atoms with Crippen LogP contribution in [0.15, 0.2) is 30.3 Å². The molecule has 2 rings (SSSR count). The van der Waals surface area contributed by atoms with Gasteiger partial charge in [-0.2, -0.15) is 0 Å². The number of amides is 2. The van der Waals surface area contributed by atoms with Gasteiger partial charge in [-0.15, -0.1) is 0 Å². The van der Waals surface area contributed by atoms with Gasteiger partial charge in [0.2, 0.25) is 11.8 Å². The number of methoxy groups -OCH3 is 3. The molecule has 53 heavy (non-hydrogen) atoms. The number of hydrogen-bond donors (Lipinski definition) is 1. The van der Waals surface area contributed by atoms with Crippen LogP contribution in [0.5, 0.6) is 0 Å². The Morgan fingerprint density at radius 3 is 2.08 bits per heavy atom. The summed E-state index contributed by atoms with van der Waals surface area (Å²) in [6, 6.07) is 8.74. The second-order valence-corrected chi connectivity index (χ2v) is 16.1. The second-order valence-electron chi connectivity index (χ2n) is 16.1. The summed E-state index contributed by atoms with van der Waals surface area (Å²) in [6.07, 6.45) is 1.39. The summed E-state index contributed by atoms with van der Waals surface area (Å²) in [5.74, 6) is -3.05. The maximum Gasteiger partial charge on any atom is 0.309 e. The highest BCUT2D eigenvalue weighted by molar-refractivity contribution is 5.92. The predicted octanol–water partition coefficient (Wildman–Crippen LogP) is 5.50. The normalized spacial score (nSPS) is 19.8. The summed E-state index contributed by atoms with van der Waals surface area (Å²) in [7, 11) is 6.18. The molecular formula is C42H69N3O8. The van der Waals surface area contributed by atoms with E-state index in [1.807, 2.05) is 71.9 Å². The number of ketones is 2. The molecule has 300 valence electrons. The standard InChI is InChI=1S/C42H69N3O8/c1-13-28(6)38(44(9)40(49)32(26(2)3)24-36(47)42(8,43)27(4)5)35(51-10)25-37(48)45-21-17-20-33(45)39(52-11)29(7)34(46)23-31(41(50)53-12)22-30-18-15-14-16-19-30/h14-16,18-19,26-29,31-33,35,38-39H,13,17,20-25,43H2,1-12H3/t28-,29-,31+,32-,33-,35+,38-,39+,42-/m0/s1. The molecule has 9 atom stereocenters. The third-order valence-corrected chi connectivity index (χ3v) is 12.0. The van der Waals surface area contributed by atoms with E-state index in [1.54, 1.807) is 44.9 Å². The van der Waals surface area contributed by atoms with Crippen molar-refractivity contribution >= 4 is 29.4 Å². The van der Waals surface area contributed by atoms with Crippen molar-refractivity contribution in [2.45, 2.75) is 130 Å². The number of nitrogens with two attached hydrogens (primary N) is 1. The summed E-state index contributed by atoms with van der Waals surface area (Å²) in [4.78, 5) is 71.7. The molecule has 2 amide bonds. The van der Waals surface area contributed by atoms with Gasteiger partial charge >= 0.3 is 5.97 Å². The summed E-state index contributed by atoms with van der Waals surface area (Å²) >= 11 is 0. The maximum atomic E-state index is 14.2. The van der Waals surface area contributed by atoms with Gasteiger partial charge in [-0.25, -0.2) is 0 Å². The lowest BCUT2D eigenvalue weighted by Gasteiger charge is -2.41. The van der Waals surface area contributed by atoms with E-state index < -0.39 is 47.5 Å². The van der Waals surface area contributed by atoms with Crippen LogP contribution in [0.3, 0.4) is 0 Å². The highest BCUT2D eigenvalue weighted by Gasteiger charge is 2.44. The van der Waals surface area contributed by atoms with E-state index in [4.69, 9.17) is 19.9 Å². The van der Waals surface area contributed by atoms with Crippen molar-refractivity contribution in [3.8, 4) is 0 Å². The van der Waals surface area contributed by atoms with Crippen molar-refractivity contribution in [1.82, 2.24) is 9.80 Å². The minimum atomic E-state index is -1.05. The van der Waals surface area contributed by atoms with Crippen LogP contribution in [0.4, 0.5) is 0 Å². The number of hydrogen-bond acceptors (Lipinski definition) is 9. The van der Waals surface area contributed by atoms with Crippen molar-refractivity contribution in [2.75, 3.05) is 34.9 Å². The zero-order valence-electron chi connectivity index (χ0n) is 34.6. The number of rotatable bonds is 22. The molecule has 0 aliphatic carbocycles. The summed E-state index contributed by atoms with van der Waals surface area (Å²) in [6.45, 7) is 15.8. The predicted molar refractivity (Wildman–Crippen MR) is 207 cm³/mol. The second kappa shape index (κ2) is 21.1. The number of benzene rings is 1. The minimum absolute atomic E-state index is 0.00306. The van der Waals surface area contributed by atoms with Crippen LogP contribution in [0.1, 0.15) is 99.5 Å². The number of ether oxygens (including phenoxy) is 3. The fourth-order valence-electron chi connectivity index (χ4n) is 7.68. The number of nitrogens with zero attached hydrogens (tertiary/aromatic N) is 2. The SMILES string of the molecule is CC[C@H](C)[C@@H]([C@@H](CC(=O)N1CCC[C@H]1[C@H](OC)[C@@H](C)C(=O)C[C@@H](Cc1ccccc1)C(=O)OC)OC)N(C)C(=O)[C@@H](CC(=O)[C@@](C)(N)C(C)C)C(C)C. The van der Waals surface area contributed by atoms with Crippen molar-refractivity contribution in [1.29, 1.82) is 0 Å². The first-order chi connectivity index (χ1) is 24.9. The molecular weight excluding hydrogens is 674 g/mol. The lowest BCUT2D eigenvalue weighted by Crippen LogP contribution is -2.55. The van der Waals surface area contributed by atoms with E-state index in [-0.39, 0.29) is 66.4 Å². The van der Waals surface area contributed by atoms with Crippen LogP contribution in [0, 0.1) is 35.5 Å². The van der Waals surface area contributed by atoms with Crippen LogP contribution < -0.4 is 5.73 Å². The topological polar surface area (TPSA) is 146 Å². The molecule has 1 heterocycles. The summed E-state index contributed by atoms with van der Waals surface area (Å²) in [5, 5.41) is 0. The van der Waals surface area contributed by atoms with Crippen LogP contribution >= 0.6 is 0 Å². The number of esters is 1. The Morgan fingerprint density at radius 2 is 1.57 bits per heavy atom. The van der Waals surface area contributed by atoms with Gasteiger partial charge in [-0.1, -0.05) is 85.2 Å². The van der Waals surface area contributed by atoms with E-state index in [2.05, 4.69) is 0 Å². The van der Waals surface area contributed by atoms with Gasteiger partial charge in [0.25, 0.3) is 0 Å². The quantitative estimate of drug-likeness (QED) is 0.152. The Balaban J connectivity index is 2.28. The molecule has 0 saturated carbocycles. The molecule has 0 aromatic heterocycles. The largest absolute Gasteiger partial charge is 0.469 e. The van der Waals surface area contributed by atoms with Gasteiger partial charge in [0.15, 0.2) is 5.78 Å². The smallest absolute Gasteiger partial charge is 0.309 e. The third kappa shape index (κ3) is 11.9. The first-order valence-electron chi connectivity index (χ1n) is 19.5. The molecule has 1 fully saturated rings. The van der Waals surface area contributed by atoms with E-state index in [0.29, 0.717) is 19.4 Å². The number of likely N-dealkylation sites (N-methyl/N-ethyl adjacent to an activating group) is 1. The number of likely N-dealkylation sites (tertiary alicyclic amines) is 1. The first-order valence-corrected chi connectivity index (χ1v) is 19.5. The maximum absolute atomic E-state index is 14.2. The molecule has 0 unspecified atom stereocenters. The van der Waals surface area contributed by atoms with Crippen molar-refractivity contribution in [3.63, 3.8) is 0 Å². The van der Waals surface area contributed by atoms with Crippen LogP contribution in [-0.2, 0) is 44.6 Å². The lowest BCUT2D eigenvalue weighted by molar-refractivity contribution is -0.150. The van der Waals surface area contributed by atoms with Crippen molar-refractivity contribution < 1.29 is 38.2 Å². The highest BCUT2D eigenvalue weighted by Crippen LogP contribution is 2.32. The lowest BCUT2D eigenvalue weighted by atomic mass is 9.78. The summed E-state index contributed by atoms with van der Waals surface area (Å²) < 4.78 is 17.0. The van der Waals surface area contributed by atoms with Crippen LogP contribution in [0.2, 0.25) is 0 Å². The fourth-order valence-corrected chi connectivity index (χ4v) is 7.68. The van der Waals surface area contributed by atoms with Gasteiger partial charge < -0.3 is 29.7 Å². The molecule has 0 bridgehead atoms. The monoisotopic (exact) mass is 744 g/mol. The molecule has 1 aliphatic heterocycles. The molecule has 2 N–H and O–H groups in total. The zero-order chi connectivity index (χ0) is 40.2. The molecule has 1 aromatic rings. The van der Waals surface area contributed by atoms with Gasteiger partial charge in [-0.05, 0) is 49.5 Å². The molecule has 1 aromatic carbocycles. The molecule has 0 spiro atoms. The first kappa shape index (κ1) is 46.0. The van der Waals surface area contributed by atoms with Gasteiger partial charge in [0, 0.05) is 52.5 Å². The van der Waals surface area contributed by atoms with Crippen LogP contribution in [-0.4, -0.2) is 104 Å². The number of Topliss-reactive ketones (excluding diaryl/α,β-unsaturated/α-hetero) is 2. The Hall–Kier alpha value is -3.15. The molecule has 11 nitrogen and oxygen atoms in total. The molecule has 11 heteroatoms. The van der Waals surface area contributed by atoms with Gasteiger partial charge in [0.1, 0.15) is 5.78 Å². The zero-order valence-corrected chi connectivity index (χ0v) is 34.6. The molecule has 1 aliphatic rings. The Kier molecular flexibility index (Phi) is 18.3. The molecule has 0 radical (unpaired) electrons. The Bertz CT molecular complexity index is 1350. The average Bonchev–Trinajstić information content (AvgIpc) is 3.62. The number of carbonyl (C=O) groups excluding carboxylic acids is 5. The van der Waals surface area contributed by atoms with Crippen molar-refractivity contribution in [3.05, 3.63) is 35.9 Å². The minimum Gasteiger partial charge on any atom is -0.469 e. The summed E-state index contributed by atoms with van der Waals surface area (Å²) in [5.41, 5.74) is 6.29. The average molecular weight is 744 g/mol. The Labute approximate surface area is 319 Å². The van der Waals surface area contributed by atoms with Crippen LogP contribution in [0.25, 0.3) is 0 Å². The van der Waals surface area contributed by atoms with E-state index in [9.17, 15) is 24.0 Å². The van der Waals surface area contributed by atoms with Gasteiger partial charge in [-0.3, -0.25) is 24.0 Å². The van der Waals surface area contributed by atoms with Gasteiger partial charge in [0.05, 0.1) is 49.3 Å². The highest BCUT2D eigenvalue weighted by atomic mass is 16.5. The third-order valence-electron chi connectivity index (χ3n) is 12.0. The van der Waals surface area contributed by atoms with E-state index >= 15 is 0 Å². The molecule has 1 saturated heterocycles.